The van der Waals surface area contributed by atoms with Gasteiger partial charge in [0.1, 0.15) is 17.6 Å². The second kappa shape index (κ2) is 4.44. The van der Waals surface area contributed by atoms with Crippen LogP contribution < -0.4 is 0 Å². The summed E-state index contributed by atoms with van der Waals surface area (Å²) in [6, 6.07) is 10.5. The molecule has 0 unspecified atom stereocenters. The van der Waals surface area contributed by atoms with Crippen LogP contribution in [0.15, 0.2) is 36.4 Å². The second-order valence-electron chi connectivity index (χ2n) is 3.47. The Morgan fingerprint density at radius 2 is 1.94 bits per heavy atom. The highest BCUT2D eigenvalue weighted by Crippen LogP contribution is 2.29. The molecule has 0 atom stereocenters. The Kier molecular flexibility index (Phi) is 2.99. The lowest BCUT2D eigenvalue weighted by Crippen LogP contribution is -1.85. The molecular formula is C13H7ClFNO. The first kappa shape index (κ1) is 11.4. The number of nitrogens with zero attached hydrogens (tertiary/aromatic N) is 1. The number of hydrogen-bond donors (Lipinski definition) is 1. The van der Waals surface area contributed by atoms with Crippen molar-refractivity contribution in [2.45, 2.75) is 0 Å². The van der Waals surface area contributed by atoms with Crippen molar-refractivity contribution in [1.29, 1.82) is 5.26 Å². The van der Waals surface area contributed by atoms with Gasteiger partial charge in [-0.3, -0.25) is 0 Å². The monoisotopic (exact) mass is 247 g/mol. The summed E-state index contributed by atoms with van der Waals surface area (Å²) in [5.74, 6) is -0.638. The van der Waals surface area contributed by atoms with E-state index in [9.17, 15) is 9.50 Å². The van der Waals surface area contributed by atoms with Crippen molar-refractivity contribution in [2.24, 2.45) is 0 Å². The number of benzene rings is 2. The zero-order valence-electron chi connectivity index (χ0n) is 8.61. The molecule has 2 aromatic carbocycles. The van der Waals surface area contributed by atoms with Gasteiger partial charge in [-0.1, -0.05) is 17.7 Å². The molecule has 84 valence electrons. The molecule has 0 fully saturated rings. The van der Waals surface area contributed by atoms with Crippen LogP contribution in [0.5, 0.6) is 5.75 Å². The van der Waals surface area contributed by atoms with Crippen LogP contribution in [0.3, 0.4) is 0 Å². The van der Waals surface area contributed by atoms with Gasteiger partial charge in [-0.15, -0.1) is 0 Å². The summed E-state index contributed by atoms with van der Waals surface area (Å²) in [5, 5.41) is 18.5. The van der Waals surface area contributed by atoms with Crippen LogP contribution in [0.1, 0.15) is 5.56 Å². The third kappa shape index (κ3) is 2.22. The SMILES string of the molecule is N#Cc1ccc(-c2ccc(Cl)cc2F)cc1O. The first-order valence-electron chi connectivity index (χ1n) is 4.80. The summed E-state index contributed by atoms with van der Waals surface area (Å²) in [7, 11) is 0. The minimum atomic E-state index is -0.471. The fraction of sp³-hybridized carbons (Fsp3) is 0. The molecule has 17 heavy (non-hydrogen) atoms. The average Bonchev–Trinajstić information content (AvgIpc) is 2.29. The van der Waals surface area contributed by atoms with Crippen molar-refractivity contribution >= 4 is 11.6 Å². The quantitative estimate of drug-likeness (QED) is 0.835. The zero-order valence-corrected chi connectivity index (χ0v) is 9.37. The van der Waals surface area contributed by atoms with Crippen LogP contribution in [0.4, 0.5) is 4.39 Å². The van der Waals surface area contributed by atoms with E-state index in [0.717, 1.165) is 0 Å². The minimum absolute atomic E-state index is 0.156. The Labute approximate surface area is 103 Å². The molecule has 0 aliphatic heterocycles. The molecule has 0 aromatic heterocycles. The summed E-state index contributed by atoms with van der Waals surface area (Å²) in [4.78, 5) is 0. The molecule has 0 amide bonds. The molecule has 0 bridgehead atoms. The van der Waals surface area contributed by atoms with Gasteiger partial charge in [-0.2, -0.15) is 5.26 Å². The first-order chi connectivity index (χ1) is 8.11. The van der Waals surface area contributed by atoms with Crippen molar-refractivity contribution in [3.05, 3.63) is 52.8 Å². The third-order valence-electron chi connectivity index (χ3n) is 2.36. The summed E-state index contributed by atoms with van der Waals surface area (Å²) in [6.07, 6.45) is 0. The molecule has 2 rings (SSSR count). The lowest BCUT2D eigenvalue weighted by Gasteiger charge is -2.05. The van der Waals surface area contributed by atoms with Crippen molar-refractivity contribution in [3.8, 4) is 22.9 Å². The van der Waals surface area contributed by atoms with Crippen molar-refractivity contribution in [1.82, 2.24) is 0 Å². The van der Waals surface area contributed by atoms with E-state index >= 15 is 0 Å². The lowest BCUT2D eigenvalue weighted by atomic mass is 10.0. The van der Waals surface area contributed by atoms with E-state index in [-0.39, 0.29) is 11.3 Å². The number of hydrogen-bond acceptors (Lipinski definition) is 2. The maximum atomic E-state index is 13.6. The van der Waals surface area contributed by atoms with Crippen molar-refractivity contribution in [3.63, 3.8) is 0 Å². The van der Waals surface area contributed by atoms with Crippen LogP contribution in [0.2, 0.25) is 5.02 Å². The van der Waals surface area contributed by atoms with Gasteiger partial charge >= 0.3 is 0 Å². The molecule has 0 radical (unpaired) electrons. The smallest absolute Gasteiger partial charge is 0.133 e. The zero-order chi connectivity index (χ0) is 12.4. The van der Waals surface area contributed by atoms with Crippen molar-refractivity contribution in [2.75, 3.05) is 0 Å². The fourth-order valence-electron chi connectivity index (χ4n) is 1.52. The second-order valence-corrected chi connectivity index (χ2v) is 3.90. The van der Waals surface area contributed by atoms with Gasteiger partial charge in [0.05, 0.1) is 5.56 Å². The molecule has 0 saturated heterocycles. The van der Waals surface area contributed by atoms with E-state index in [1.165, 1.54) is 24.3 Å². The van der Waals surface area contributed by atoms with Gasteiger partial charge in [-0.25, -0.2) is 4.39 Å². The predicted molar refractivity (Wildman–Crippen MR) is 63.2 cm³/mol. The highest BCUT2D eigenvalue weighted by molar-refractivity contribution is 6.30. The molecule has 0 saturated carbocycles. The average molecular weight is 248 g/mol. The van der Waals surface area contributed by atoms with Crippen LogP contribution in [0.25, 0.3) is 11.1 Å². The molecule has 4 heteroatoms. The van der Waals surface area contributed by atoms with Crippen LogP contribution in [-0.4, -0.2) is 5.11 Å². The Morgan fingerprint density at radius 3 is 2.53 bits per heavy atom. The van der Waals surface area contributed by atoms with Gasteiger partial charge in [-0.05, 0) is 35.9 Å². The topological polar surface area (TPSA) is 44.0 Å². The summed E-state index contributed by atoms with van der Waals surface area (Å²) < 4.78 is 13.6. The molecule has 2 aromatic rings. The summed E-state index contributed by atoms with van der Waals surface area (Å²) in [5.41, 5.74) is 0.980. The first-order valence-corrected chi connectivity index (χ1v) is 5.18. The van der Waals surface area contributed by atoms with E-state index in [1.54, 1.807) is 12.1 Å². The lowest BCUT2D eigenvalue weighted by molar-refractivity contribution is 0.474. The number of phenolic OH excluding ortho intramolecular Hbond substituents is 1. The van der Waals surface area contributed by atoms with E-state index in [1.807, 2.05) is 6.07 Å². The Balaban J connectivity index is 2.54. The Bertz CT molecular complexity index is 619. The largest absolute Gasteiger partial charge is 0.507 e. The van der Waals surface area contributed by atoms with Crippen LogP contribution in [-0.2, 0) is 0 Å². The molecule has 1 N–H and O–H groups in total. The predicted octanol–water partition coefficient (Wildman–Crippen LogP) is 3.72. The standard InChI is InChI=1S/C13H7ClFNO/c14-10-3-4-11(12(15)6-10)8-1-2-9(7-16)13(17)5-8/h1-6,17H. The van der Waals surface area contributed by atoms with E-state index in [0.29, 0.717) is 16.1 Å². The third-order valence-corrected chi connectivity index (χ3v) is 2.60. The van der Waals surface area contributed by atoms with Gasteiger partial charge < -0.3 is 5.11 Å². The Hall–Kier alpha value is -2.05. The highest BCUT2D eigenvalue weighted by atomic mass is 35.5. The van der Waals surface area contributed by atoms with E-state index < -0.39 is 5.82 Å². The number of phenols is 1. The molecule has 0 aliphatic rings. The number of aromatic hydroxyl groups is 1. The van der Waals surface area contributed by atoms with Crippen LogP contribution >= 0.6 is 11.6 Å². The summed E-state index contributed by atoms with van der Waals surface area (Å²) in [6.45, 7) is 0. The molecular weight excluding hydrogens is 241 g/mol. The molecule has 2 nitrogen and oxygen atoms in total. The molecule has 0 heterocycles. The maximum absolute atomic E-state index is 13.6. The Morgan fingerprint density at radius 1 is 1.18 bits per heavy atom. The fourth-order valence-corrected chi connectivity index (χ4v) is 1.68. The summed E-state index contributed by atoms with van der Waals surface area (Å²) >= 11 is 5.65. The van der Waals surface area contributed by atoms with Gasteiger partial charge in [0, 0.05) is 10.6 Å². The van der Waals surface area contributed by atoms with E-state index in [2.05, 4.69) is 0 Å². The minimum Gasteiger partial charge on any atom is -0.507 e. The van der Waals surface area contributed by atoms with Crippen molar-refractivity contribution < 1.29 is 9.50 Å². The van der Waals surface area contributed by atoms with Crippen LogP contribution in [0, 0.1) is 17.1 Å². The number of halogens is 2. The maximum Gasteiger partial charge on any atom is 0.133 e. The molecule has 0 spiro atoms. The van der Waals surface area contributed by atoms with Gasteiger partial charge in [0.15, 0.2) is 0 Å². The molecule has 0 aliphatic carbocycles. The van der Waals surface area contributed by atoms with Gasteiger partial charge in [0.2, 0.25) is 0 Å². The highest BCUT2D eigenvalue weighted by Gasteiger charge is 2.08. The van der Waals surface area contributed by atoms with Gasteiger partial charge in [0.25, 0.3) is 0 Å². The normalized spacial score (nSPS) is 9.94. The van der Waals surface area contributed by atoms with E-state index in [4.69, 9.17) is 16.9 Å². The number of nitriles is 1. The number of rotatable bonds is 1.